The highest BCUT2D eigenvalue weighted by atomic mass is 15.0. The van der Waals surface area contributed by atoms with Crippen molar-refractivity contribution >= 4 is 21.7 Å². The van der Waals surface area contributed by atoms with Crippen LogP contribution in [0.2, 0.25) is 0 Å². The van der Waals surface area contributed by atoms with Crippen LogP contribution in [0, 0.1) is 0 Å². The van der Waals surface area contributed by atoms with Gasteiger partial charge in [-0.2, -0.15) is 0 Å². The summed E-state index contributed by atoms with van der Waals surface area (Å²) in [5.41, 5.74) is 12.6. The zero-order valence-electron chi connectivity index (χ0n) is 30.4. The van der Waals surface area contributed by atoms with E-state index in [1.807, 2.05) is 42.5 Å². The number of nitrogens with zero attached hydrogens (tertiary/aromatic N) is 4. The lowest BCUT2D eigenvalue weighted by atomic mass is 9.92. The zero-order valence-corrected chi connectivity index (χ0v) is 30.4. The highest BCUT2D eigenvalue weighted by Crippen LogP contribution is 2.38. The predicted octanol–water partition coefficient (Wildman–Crippen LogP) is 13.2. The first-order chi connectivity index (χ1) is 27.7. The Morgan fingerprint density at radius 3 is 1.41 bits per heavy atom. The van der Waals surface area contributed by atoms with Gasteiger partial charge in [0, 0.05) is 27.6 Å². The second-order valence-corrected chi connectivity index (χ2v) is 13.9. The minimum atomic E-state index is 0.628. The summed E-state index contributed by atoms with van der Waals surface area (Å²) in [4.78, 5) is 20.2. The topological polar surface area (TPSA) is 51.6 Å². The number of hydrogen-bond acceptors (Lipinski definition) is 4. The Balaban J connectivity index is 1.05. The van der Waals surface area contributed by atoms with Gasteiger partial charge in [-0.1, -0.05) is 182 Å². The van der Waals surface area contributed by atoms with Gasteiger partial charge < -0.3 is 0 Å². The van der Waals surface area contributed by atoms with Gasteiger partial charge in [0.05, 0.1) is 11.2 Å². The summed E-state index contributed by atoms with van der Waals surface area (Å²) in [5.74, 6) is 1.90. The summed E-state index contributed by atoms with van der Waals surface area (Å²) in [6, 6.07) is 71.8. The number of hydrogen-bond donors (Lipinski definition) is 0. The standard InChI is InChI=1S/C52H34N4/c1-4-14-35(15-5-1)42-22-13-24-44(33-42)52-55-50(39-19-8-3-9-20-39)54-51(56-52)40-28-26-36(27-29-40)41-21-12-23-43(32-41)46-34-48(38-17-6-2-7-18-38)53-47-31-30-37-16-10-11-25-45(37)49(46)47/h1-34H. The maximum atomic E-state index is 5.15. The Bertz CT molecular complexity index is 3000. The van der Waals surface area contributed by atoms with Gasteiger partial charge in [-0.25, -0.2) is 19.9 Å². The first-order valence-corrected chi connectivity index (χ1v) is 18.8. The molecule has 8 aromatic carbocycles. The molecule has 0 fully saturated rings. The van der Waals surface area contributed by atoms with E-state index in [-0.39, 0.29) is 0 Å². The lowest BCUT2D eigenvalue weighted by Crippen LogP contribution is -2.00. The van der Waals surface area contributed by atoms with Gasteiger partial charge in [0.2, 0.25) is 0 Å². The molecule has 4 heteroatoms. The molecule has 0 atom stereocenters. The van der Waals surface area contributed by atoms with Gasteiger partial charge in [0.1, 0.15) is 0 Å². The SMILES string of the molecule is c1ccc(-c2cccc(-c3nc(-c4ccccc4)nc(-c4ccc(-c5cccc(-c6cc(-c7ccccc7)nc7ccc8ccccc8c67)c5)cc4)n3)c2)cc1. The summed E-state index contributed by atoms with van der Waals surface area (Å²) in [5, 5.41) is 3.55. The molecule has 0 spiro atoms. The van der Waals surface area contributed by atoms with Gasteiger partial charge in [0.15, 0.2) is 17.5 Å². The van der Waals surface area contributed by atoms with E-state index < -0.39 is 0 Å². The van der Waals surface area contributed by atoms with E-state index in [1.165, 1.54) is 10.8 Å². The predicted molar refractivity (Wildman–Crippen MR) is 231 cm³/mol. The van der Waals surface area contributed by atoms with E-state index in [1.54, 1.807) is 0 Å². The molecular weight excluding hydrogens is 681 g/mol. The minimum Gasteiger partial charge on any atom is -0.248 e. The molecule has 0 saturated carbocycles. The Morgan fingerprint density at radius 1 is 0.268 bits per heavy atom. The van der Waals surface area contributed by atoms with E-state index in [2.05, 4.69) is 164 Å². The molecule has 0 N–H and O–H groups in total. The van der Waals surface area contributed by atoms with E-state index in [0.29, 0.717) is 17.5 Å². The summed E-state index contributed by atoms with van der Waals surface area (Å²) >= 11 is 0. The fraction of sp³-hybridized carbons (Fsp3) is 0. The van der Waals surface area contributed by atoms with Gasteiger partial charge in [-0.15, -0.1) is 0 Å². The lowest BCUT2D eigenvalue weighted by molar-refractivity contribution is 1.07. The van der Waals surface area contributed by atoms with Crippen molar-refractivity contribution in [3.63, 3.8) is 0 Å². The van der Waals surface area contributed by atoms with Gasteiger partial charge in [0.25, 0.3) is 0 Å². The van der Waals surface area contributed by atoms with Crippen molar-refractivity contribution in [3.8, 4) is 78.8 Å². The van der Waals surface area contributed by atoms with Crippen LogP contribution in [0.15, 0.2) is 206 Å². The summed E-state index contributed by atoms with van der Waals surface area (Å²) in [6.45, 7) is 0. The first-order valence-electron chi connectivity index (χ1n) is 18.8. The van der Waals surface area contributed by atoms with E-state index in [9.17, 15) is 0 Å². The monoisotopic (exact) mass is 714 g/mol. The van der Waals surface area contributed by atoms with Crippen LogP contribution in [0.4, 0.5) is 0 Å². The molecule has 0 amide bonds. The Morgan fingerprint density at radius 2 is 0.732 bits per heavy atom. The maximum absolute atomic E-state index is 5.15. The highest BCUT2D eigenvalue weighted by molar-refractivity contribution is 6.14. The Labute approximate surface area is 325 Å². The summed E-state index contributed by atoms with van der Waals surface area (Å²) < 4.78 is 0. The van der Waals surface area contributed by atoms with Crippen molar-refractivity contribution in [1.82, 2.24) is 19.9 Å². The summed E-state index contributed by atoms with van der Waals surface area (Å²) in [7, 11) is 0. The number of pyridine rings is 1. The van der Waals surface area contributed by atoms with Crippen LogP contribution in [-0.4, -0.2) is 19.9 Å². The highest BCUT2D eigenvalue weighted by Gasteiger charge is 2.16. The van der Waals surface area contributed by atoms with Crippen molar-refractivity contribution < 1.29 is 0 Å². The average molecular weight is 715 g/mol. The molecule has 0 radical (unpaired) electrons. The molecular formula is C52H34N4. The zero-order chi connectivity index (χ0) is 37.3. The quantitative estimate of drug-likeness (QED) is 0.154. The summed E-state index contributed by atoms with van der Waals surface area (Å²) in [6.07, 6.45) is 0. The molecule has 0 aliphatic carbocycles. The second kappa shape index (κ2) is 14.3. The van der Waals surface area contributed by atoms with Crippen molar-refractivity contribution in [2.24, 2.45) is 0 Å². The van der Waals surface area contributed by atoms with E-state index in [4.69, 9.17) is 19.9 Å². The fourth-order valence-corrected chi connectivity index (χ4v) is 7.49. The third-order valence-corrected chi connectivity index (χ3v) is 10.3. The molecule has 262 valence electrons. The van der Waals surface area contributed by atoms with Crippen LogP contribution in [-0.2, 0) is 0 Å². The van der Waals surface area contributed by atoms with E-state index in [0.717, 1.165) is 72.2 Å². The molecule has 0 saturated heterocycles. The molecule has 56 heavy (non-hydrogen) atoms. The first kappa shape index (κ1) is 33.0. The van der Waals surface area contributed by atoms with Gasteiger partial charge in [-0.05, 0) is 68.4 Å². The van der Waals surface area contributed by atoms with Crippen LogP contribution >= 0.6 is 0 Å². The molecule has 10 aromatic rings. The molecule has 4 nitrogen and oxygen atoms in total. The fourth-order valence-electron chi connectivity index (χ4n) is 7.49. The molecule has 0 aliphatic heterocycles. The lowest BCUT2D eigenvalue weighted by Gasteiger charge is -2.14. The number of fused-ring (bicyclic) bond motifs is 3. The largest absolute Gasteiger partial charge is 0.248 e. The maximum Gasteiger partial charge on any atom is 0.164 e. The van der Waals surface area contributed by atoms with Gasteiger partial charge >= 0.3 is 0 Å². The number of aromatic nitrogens is 4. The van der Waals surface area contributed by atoms with Crippen LogP contribution in [0.5, 0.6) is 0 Å². The average Bonchev–Trinajstić information content (AvgIpc) is 3.29. The number of rotatable bonds is 7. The van der Waals surface area contributed by atoms with Crippen LogP contribution in [0.25, 0.3) is 100 Å². The van der Waals surface area contributed by atoms with Crippen LogP contribution < -0.4 is 0 Å². The second-order valence-electron chi connectivity index (χ2n) is 13.9. The third kappa shape index (κ3) is 6.40. The minimum absolute atomic E-state index is 0.628. The number of benzene rings is 8. The van der Waals surface area contributed by atoms with Crippen molar-refractivity contribution in [3.05, 3.63) is 206 Å². The molecule has 0 aliphatic rings. The van der Waals surface area contributed by atoms with Crippen molar-refractivity contribution in [2.75, 3.05) is 0 Å². The Kier molecular flexibility index (Phi) is 8.47. The normalized spacial score (nSPS) is 11.2. The van der Waals surface area contributed by atoms with Crippen molar-refractivity contribution in [1.29, 1.82) is 0 Å². The Hall–Kier alpha value is -7.56. The molecule has 10 rings (SSSR count). The van der Waals surface area contributed by atoms with E-state index >= 15 is 0 Å². The van der Waals surface area contributed by atoms with Crippen LogP contribution in [0.1, 0.15) is 0 Å². The molecule has 2 aromatic heterocycles. The third-order valence-electron chi connectivity index (χ3n) is 10.3. The smallest absolute Gasteiger partial charge is 0.164 e. The molecule has 2 heterocycles. The van der Waals surface area contributed by atoms with Crippen molar-refractivity contribution in [2.45, 2.75) is 0 Å². The molecule has 0 bridgehead atoms. The van der Waals surface area contributed by atoms with Crippen LogP contribution in [0.3, 0.4) is 0 Å². The van der Waals surface area contributed by atoms with Gasteiger partial charge in [-0.3, -0.25) is 0 Å². The molecule has 0 unspecified atom stereocenters.